The average molecular weight is 211 g/mol. The van der Waals surface area contributed by atoms with Crippen LogP contribution in [0.2, 0.25) is 0 Å². The number of para-hydroxylation sites is 1. The number of H-pyrrole nitrogens is 1. The molecule has 15 heavy (non-hydrogen) atoms. The topological polar surface area (TPSA) is 70.9 Å². The summed E-state index contributed by atoms with van der Waals surface area (Å²) in [6.07, 6.45) is 0. The maximum absolute atomic E-state index is 11.3. The minimum Gasteiger partial charge on any atom is -0.385 e. The molecule has 0 aliphatic heterocycles. The Kier molecular flexibility index (Phi) is 3.88. The van der Waals surface area contributed by atoms with E-state index in [2.05, 4.69) is 10.3 Å². The molecule has 0 aliphatic rings. The molecule has 1 aromatic heterocycles. The van der Waals surface area contributed by atoms with Gasteiger partial charge in [-0.1, -0.05) is 12.1 Å². The molecule has 0 bridgehead atoms. The van der Waals surface area contributed by atoms with Gasteiger partial charge in [0.25, 0.3) is 0 Å². The third kappa shape index (κ3) is 2.82. The number of aromatic nitrogens is 1. The number of anilines is 1. The van der Waals surface area contributed by atoms with Crippen LogP contribution in [-0.4, -0.2) is 19.1 Å². The Balaban J connectivity index is -0.000000345. The molecule has 1 heterocycles. The molecule has 0 saturated carbocycles. The second-order valence-electron chi connectivity index (χ2n) is 3.13. The van der Waals surface area contributed by atoms with Crippen molar-refractivity contribution in [3.63, 3.8) is 0 Å². The van der Waals surface area contributed by atoms with Gasteiger partial charge in [-0.3, -0.25) is 4.79 Å². The molecule has 0 radical (unpaired) electrons. The van der Waals surface area contributed by atoms with Crippen molar-refractivity contribution in [1.82, 2.24) is 10.3 Å². The molecule has 0 aliphatic carbocycles. The number of hydrogen-bond acceptors (Lipinski definition) is 3. The van der Waals surface area contributed by atoms with Crippen LogP contribution in [0.3, 0.4) is 0 Å². The summed E-state index contributed by atoms with van der Waals surface area (Å²) in [7, 11) is 3.75. The van der Waals surface area contributed by atoms with Gasteiger partial charge in [0.05, 0.1) is 5.52 Å². The fourth-order valence-electron chi connectivity index (χ4n) is 1.22. The van der Waals surface area contributed by atoms with Crippen LogP contribution >= 0.6 is 0 Å². The van der Waals surface area contributed by atoms with Gasteiger partial charge in [0.2, 0.25) is 0 Å². The number of benzene rings is 1. The van der Waals surface area contributed by atoms with Crippen LogP contribution in [0.4, 0.5) is 5.82 Å². The summed E-state index contributed by atoms with van der Waals surface area (Å²) in [6.45, 7) is 0. The monoisotopic (exact) mass is 211 g/mol. The molecule has 2 aromatic rings. The zero-order valence-electron chi connectivity index (χ0n) is 8.87. The molecule has 0 saturated heterocycles. The zero-order valence-corrected chi connectivity index (χ0v) is 8.87. The first kappa shape index (κ1) is 11.3. The highest BCUT2D eigenvalue weighted by atomic mass is 16.1. The summed E-state index contributed by atoms with van der Waals surface area (Å²) in [5.74, 6) is 0.402. The number of nitrogens with two attached hydrogens (primary N) is 1. The molecule has 0 fully saturated rings. The molecule has 0 unspecified atom stereocenters. The summed E-state index contributed by atoms with van der Waals surface area (Å²) in [5.41, 5.74) is 6.21. The van der Waals surface area contributed by atoms with E-state index in [-0.39, 0.29) is 9.71 Å². The Morgan fingerprint density at radius 1 is 1.33 bits per heavy atom. The third-order valence-corrected chi connectivity index (χ3v) is 1.76. The first-order valence-electron chi connectivity index (χ1n) is 4.65. The lowest BCUT2D eigenvalue weighted by molar-refractivity contribution is 1.02. The van der Waals surface area contributed by atoms with Crippen LogP contribution in [0.15, 0.2) is 35.1 Å². The first-order valence-corrected chi connectivity index (χ1v) is 4.65. The molecule has 86 valence electrons. The van der Waals surface area contributed by atoms with Crippen LogP contribution in [0, 0.1) is 0 Å². The van der Waals surface area contributed by atoms with E-state index in [0.29, 0.717) is 11.2 Å². The van der Waals surface area contributed by atoms with Crippen molar-refractivity contribution in [3.05, 3.63) is 40.6 Å². The molecule has 4 nitrogen and oxygen atoms in total. The minimum absolute atomic E-state index is 0. The Morgan fingerprint density at radius 2 is 1.93 bits per heavy atom. The van der Waals surface area contributed by atoms with Crippen LogP contribution in [0.5, 0.6) is 0 Å². The maximum atomic E-state index is 11.3. The molecule has 1 aromatic carbocycles. The SMILES string of the molecule is CNC.Nc1cc(=O)c2ccccc2[nH]1.[HH].[HH].[HH]. The lowest BCUT2D eigenvalue weighted by Crippen LogP contribution is -2.04. The lowest BCUT2D eigenvalue weighted by Gasteiger charge is -1.97. The normalized spacial score (nSPS) is 9.47. The van der Waals surface area contributed by atoms with E-state index in [4.69, 9.17) is 5.73 Å². The van der Waals surface area contributed by atoms with E-state index in [0.717, 1.165) is 5.52 Å². The largest absolute Gasteiger partial charge is 0.385 e. The Hall–Kier alpha value is -1.81. The van der Waals surface area contributed by atoms with Gasteiger partial charge in [0.15, 0.2) is 5.43 Å². The van der Waals surface area contributed by atoms with Gasteiger partial charge < -0.3 is 16.0 Å². The van der Waals surface area contributed by atoms with Gasteiger partial charge in [-0.2, -0.15) is 0 Å². The molecule has 0 spiro atoms. The summed E-state index contributed by atoms with van der Waals surface area (Å²) in [6, 6.07) is 8.68. The van der Waals surface area contributed by atoms with E-state index in [1.165, 1.54) is 6.07 Å². The van der Waals surface area contributed by atoms with Gasteiger partial charge in [-0.05, 0) is 26.2 Å². The predicted molar refractivity (Wildman–Crippen MR) is 70.3 cm³/mol. The van der Waals surface area contributed by atoms with Gasteiger partial charge >= 0.3 is 0 Å². The van der Waals surface area contributed by atoms with Crippen molar-refractivity contribution in [1.29, 1.82) is 0 Å². The summed E-state index contributed by atoms with van der Waals surface area (Å²) in [5, 5.41) is 3.42. The van der Waals surface area contributed by atoms with Crippen LogP contribution in [0.1, 0.15) is 4.28 Å². The van der Waals surface area contributed by atoms with Crippen LogP contribution in [0.25, 0.3) is 10.9 Å². The van der Waals surface area contributed by atoms with Crippen molar-refractivity contribution >= 4 is 16.7 Å². The number of fused-ring (bicyclic) bond motifs is 1. The summed E-state index contributed by atoms with van der Waals surface area (Å²) >= 11 is 0. The number of nitrogens with one attached hydrogen (secondary N) is 2. The van der Waals surface area contributed by atoms with Crippen molar-refractivity contribution in [2.45, 2.75) is 0 Å². The standard InChI is InChI=1S/C9H8N2O.C2H7N.3H2/c10-9-5-8(12)6-3-1-2-4-7(6)11-9;1-3-2;;;/h1-5H,(H3,10,11,12);3H,1-2H3;3*1H. The van der Waals surface area contributed by atoms with Crippen molar-refractivity contribution in [2.24, 2.45) is 0 Å². The van der Waals surface area contributed by atoms with E-state index < -0.39 is 0 Å². The number of hydrogen-bond donors (Lipinski definition) is 3. The average Bonchev–Trinajstić information content (AvgIpc) is 2.18. The van der Waals surface area contributed by atoms with E-state index in [9.17, 15) is 4.79 Å². The number of rotatable bonds is 0. The lowest BCUT2D eigenvalue weighted by atomic mass is 10.2. The molecular weight excluding hydrogens is 190 g/mol. The quantitative estimate of drug-likeness (QED) is 0.621. The first-order chi connectivity index (χ1) is 7.19. The molecule has 2 rings (SSSR count). The summed E-state index contributed by atoms with van der Waals surface area (Å²) < 4.78 is 0. The number of aromatic amines is 1. The molecule has 0 atom stereocenters. The molecule has 4 N–H and O–H groups in total. The fourth-order valence-corrected chi connectivity index (χ4v) is 1.22. The van der Waals surface area contributed by atoms with Gasteiger partial charge in [-0.25, -0.2) is 0 Å². The molecular formula is C11H21N3O. The van der Waals surface area contributed by atoms with E-state index >= 15 is 0 Å². The highest BCUT2D eigenvalue weighted by Gasteiger charge is 1.96. The van der Waals surface area contributed by atoms with E-state index in [1.807, 2.05) is 32.3 Å². The third-order valence-electron chi connectivity index (χ3n) is 1.76. The zero-order chi connectivity index (χ0) is 11.3. The Morgan fingerprint density at radius 3 is 2.60 bits per heavy atom. The van der Waals surface area contributed by atoms with Gasteiger partial charge in [0, 0.05) is 15.7 Å². The Labute approximate surface area is 92.6 Å². The predicted octanol–water partition coefficient (Wildman–Crippen LogP) is 1.68. The van der Waals surface area contributed by atoms with Crippen molar-refractivity contribution in [2.75, 3.05) is 19.8 Å². The summed E-state index contributed by atoms with van der Waals surface area (Å²) in [4.78, 5) is 14.2. The number of pyridine rings is 1. The second kappa shape index (κ2) is 5.17. The Bertz CT molecular complexity index is 502. The second-order valence-corrected chi connectivity index (χ2v) is 3.13. The van der Waals surface area contributed by atoms with Crippen molar-refractivity contribution < 1.29 is 4.28 Å². The fraction of sp³-hybridized carbons (Fsp3) is 0.182. The van der Waals surface area contributed by atoms with Crippen molar-refractivity contribution in [3.8, 4) is 0 Å². The van der Waals surface area contributed by atoms with Gasteiger partial charge in [0.1, 0.15) is 5.82 Å². The van der Waals surface area contributed by atoms with Gasteiger partial charge in [-0.15, -0.1) is 0 Å². The smallest absolute Gasteiger partial charge is 0.191 e. The molecule has 0 amide bonds. The van der Waals surface area contributed by atoms with Crippen LogP contribution < -0.4 is 16.5 Å². The minimum atomic E-state index is -0.0400. The highest BCUT2D eigenvalue weighted by Crippen LogP contribution is 2.07. The highest BCUT2D eigenvalue weighted by molar-refractivity contribution is 5.79. The number of nitrogen functional groups attached to an aromatic ring is 1. The van der Waals surface area contributed by atoms with Crippen LogP contribution in [-0.2, 0) is 0 Å². The van der Waals surface area contributed by atoms with E-state index in [1.54, 1.807) is 6.07 Å². The molecule has 4 heteroatoms. The maximum Gasteiger partial charge on any atom is 0.191 e.